The van der Waals surface area contributed by atoms with Crippen molar-refractivity contribution in [1.29, 1.82) is 0 Å². The molecule has 4 aliphatic carbocycles. The summed E-state index contributed by atoms with van der Waals surface area (Å²) in [6.07, 6.45) is 4.30. The van der Waals surface area contributed by atoms with Crippen molar-refractivity contribution in [3.05, 3.63) is 0 Å². The summed E-state index contributed by atoms with van der Waals surface area (Å²) < 4.78 is 0. The number of carbonyl (C=O) groups is 1. The number of Topliss-reactive ketones (excluding diaryl/α,β-unsaturated/α-hetero) is 1. The Bertz CT molecular complexity index is 519. The molecule has 0 aromatic carbocycles. The van der Waals surface area contributed by atoms with Crippen molar-refractivity contribution >= 4 is 5.78 Å². The second kappa shape index (κ2) is 5.03. The molecule has 9 atom stereocenters. The van der Waals surface area contributed by atoms with E-state index in [1.54, 1.807) is 0 Å². The minimum Gasteiger partial charge on any atom is -0.393 e. The predicted molar refractivity (Wildman–Crippen MR) is 85.5 cm³/mol. The van der Waals surface area contributed by atoms with Gasteiger partial charge < -0.3 is 15.3 Å². The number of fused-ring (bicyclic) bond motifs is 5. The molecule has 0 bridgehead atoms. The molecule has 0 radical (unpaired) electrons. The maximum Gasteiger partial charge on any atom is 0.144 e. The van der Waals surface area contributed by atoms with E-state index in [1.807, 2.05) is 6.92 Å². The van der Waals surface area contributed by atoms with Gasteiger partial charge in [0.25, 0.3) is 0 Å². The molecule has 0 saturated heterocycles. The van der Waals surface area contributed by atoms with E-state index in [0.717, 1.165) is 32.1 Å². The van der Waals surface area contributed by atoms with Crippen molar-refractivity contribution in [1.82, 2.24) is 0 Å². The van der Waals surface area contributed by atoms with Gasteiger partial charge in [-0.05, 0) is 68.6 Å². The first-order valence-corrected chi connectivity index (χ1v) is 9.36. The van der Waals surface area contributed by atoms with E-state index in [1.165, 1.54) is 0 Å². The van der Waals surface area contributed by atoms with Crippen LogP contribution in [0.4, 0.5) is 0 Å². The Labute approximate surface area is 138 Å². The Morgan fingerprint density at radius 3 is 2.52 bits per heavy atom. The average molecular weight is 322 g/mol. The zero-order valence-electron chi connectivity index (χ0n) is 14.2. The summed E-state index contributed by atoms with van der Waals surface area (Å²) in [6, 6.07) is 0. The van der Waals surface area contributed by atoms with Gasteiger partial charge in [-0.15, -0.1) is 0 Å². The van der Waals surface area contributed by atoms with Crippen molar-refractivity contribution in [3.8, 4) is 0 Å². The summed E-state index contributed by atoms with van der Waals surface area (Å²) in [7, 11) is 0. The average Bonchev–Trinajstić information content (AvgIpc) is 2.73. The molecule has 4 nitrogen and oxygen atoms in total. The topological polar surface area (TPSA) is 77.8 Å². The molecule has 4 fully saturated rings. The van der Waals surface area contributed by atoms with Crippen LogP contribution < -0.4 is 0 Å². The summed E-state index contributed by atoms with van der Waals surface area (Å²) in [6.45, 7) is 4.22. The van der Waals surface area contributed by atoms with Gasteiger partial charge in [-0.3, -0.25) is 4.79 Å². The molecule has 3 N–H and O–H groups in total. The number of ketones is 1. The predicted octanol–water partition coefficient (Wildman–Crippen LogP) is 1.90. The third-order valence-corrected chi connectivity index (χ3v) is 8.45. The highest BCUT2D eigenvalue weighted by molar-refractivity contribution is 5.88. The molecule has 0 unspecified atom stereocenters. The SMILES string of the molecule is C[C@]12CC[C@@H](O)C[C@@H]1CC[C@H]1[C@H]3[C@@H](O)CC(=O)[C@]3(C)[C@H](O)C[C@@H]12. The summed E-state index contributed by atoms with van der Waals surface area (Å²) in [4.78, 5) is 12.5. The van der Waals surface area contributed by atoms with Gasteiger partial charge in [0.1, 0.15) is 5.78 Å². The van der Waals surface area contributed by atoms with E-state index in [9.17, 15) is 20.1 Å². The van der Waals surface area contributed by atoms with Gasteiger partial charge in [-0.1, -0.05) is 6.92 Å². The largest absolute Gasteiger partial charge is 0.393 e. The maximum absolute atomic E-state index is 12.5. The molecule has 23 heavy (non-hydrogen) atoms. The molecule has 0 aromatic rings. The molecule has 0 aliphatic heterocycles. The van der Waals surface area contributed by atoms with Crippen LogP contribution in [0.1, 0.15) is 58.8 Å². The van der Waals surface area contributed by atoms with E-state index < -0.39 is 17.6 Å². The Morgan fingerprint density at radius 1 is 1.04 bits per heavy atom. The number of carbonyl (C=O) groups excluding carboxylic acids is 1. The molecule has 0 spiro atoms. The maximum atomic E-state index is 12.5. The monoisotopic (exact) mass is 322 g/mol. The molecular weight excluding hydrogens is 292 g/mol. The van der Waals surface area contributed by atoms with E-state index in [0.29, 0.717) is 24.2 Å². The molecule has 0 heterocycles. The Kier molecular flexibility index (Phi) is 3.51. The first-order chi connectivity index (χ1) is 10.8. The Balaban J connectivity index is 1.71. The van der Waals surface area contributed by atoms with Crippen LogP contribution in [-0.2, 0) is 4.79 Å². The second-order valence-electron chi connectivity index (χ2n) is 9.23. The van der Waals surface area contributed by atoms with Gasteiger partial charge in [-0.25, -0.2) is 0 Å². The number of aliphatic hydroxyl groups excluding tert-OH is 3. The lowest BCUT2D eigenvalue weighted by molar-refractivity contribution is -0.178. The van der Waals surface area contributed by atoms with Crippen molar-refractivity contribution < 1.29 is 20.1 Å². The number of rotatable bonds is 0. The standard InChI is InChI=1S/C19H30O4/c1-18-6-5-11(20)7-10(18)3-4-12-13(18)8-15(22)19(2)16(23)9-14(21)17(12)19/h10-15,17,20-22H,3-9H2,1-2H3/t10-,11+,12+,13-,14-,15+,17-,18-,19-/m0/s1. The number of hydrogen-bond acceptors (Lipinski definition) is 4. The van der Waals surface area contributed by atoms with Crippen LogP contribution in [0.2, 0.25) is 0 Å². The van der Waals surface area contributed by atoms with Crippen molar-refractivity contribution in [2.75, 3.05) is 0 Å². The highest BCUT2D eigenvalue weighted by atomic mass is 16.3. The van der Waals surface area contributed by atoms with E-state index in [2.05, 4.69) is 6.92 Å². The van der Waals surface area contributed by atoms with Crippen LogP contribution in [-0.4, -0.2) is 39.4 Å². The second-order valence-corrected chi connectivity index (χ2v) is 9.23. The Hall–Kier alpha value is -0.450. The van der Waals surface area contributed by atoms with Gasteiger partial charge in [0.2, 0.25) is 0 Å². The van der Waals surface area contributed by atoms with E-state index >= 15 is 0 Å². The van der Waals surface area contributed by atoms with Crippen LogP contribution in [0, 0.1) is 34.5 Å². The minimum absolute atomic E-state index is 0.0484. The van der Waals surface area contributed by atoms with Gasteiger partial charge >= 0.3 is 0 Å². The van der Waals surface area contributed by atoms with Gasteiger partial charge in [0, 0.05) is 12.3 Å². The van der Waals surface area contributed by atoms with Gasteiger partial charge in [-0.2, -0.15) is 0 Å². The molecule has 4 saturated carbocycles. The fraction of sp³-hybridized carbons (Fsp3) is 0.947. The summed E-state index contributed by atoms with van der Waals surface area (Å²) in [5.41, 5.74) is -0.617. The minimum atomic E-state index is -0.752. The van der Waals surface area contributed by atoms with E-state index in [-0.39, 0.29) is 29.6 Å². The van der Waals surface area contributed by atoms with Crippen molar-refractivity contribution in [2.24, 2.45) is 34.5 Å². The molecule has 4 heteroatoms. The molecular formula is C19H30O4. The Morgan fingerprint density at radius 2 is 1.78 bits per heavy atom. The lowest BCUT2D eigenvalue weighted by atomic mass is 9.44. The van der Waals surface area contributed by atoms with Crippen molar-refractivity contribution in [2.45, 2.75) is 77.1 Å². The zero-order valence-corrected chi connectivity index (χ0v) is 14.2. The third-order valence-electron chi connectivity index (χ3n) is 8.45. The van der Waals surface area contributed by atoms with Crippen LogP contribution in [0.25, 0.3) is 0 Å². The smallest absolute Gasteiger partial charge is 0.144 e. The third kappa shape index (κ3) is 1.98. The fourth-order valence-corrected chi connectivity index (χ4v) is 7.04. The zero-order chi connectivity index (χ0) is 16.6. The summed E-state index contributed by atoms with van der Waals surface area (Å²) in [5.74, 6) is 1.17. The van der Waals surface area contributed by atoms with Crippen LogP contribution in [0.3, 0.4) is 0 Å². The first-order valence-electron chi connectivity index (χ1n) is 9.36. The molecule has 0 aromatic heterocycles. The molecule has 130 valence electrons. The highest BCUT2D eigenvalue weighted by Gasteiger charge is 2.65. The lowest BCUT2D eigenvalue weighted by Crippen LogP contribution is -2.59. The van der Waals surface area contributed by atoms with Crippen LogP contribution in [0.15, 0.2) is 0 Å². The van der Waals surface area contributed by atoms with Crippen LogP contribution >= 0.6 is 0 Å². The number of hydrogen-bond donors (Lipinski definition) is 3. The fourth-order valence-electron chi connectivity index (χ4n) is 7.04. The molecule has 4 rings (SSSR count). The normalized spacial score (nSPS) is 59.2. The quantitative estimate of drug-likeness (QED) is 0.636. The summed E-state index contributed by atoms with van der Waals surface area (Å²) >= 11 is 0. The number of aliphatic hydroxyl groups is 3. The summed E-state index contributed by atoms with van der Waals surface area (Å²) in [5, 5.41) is 31.5. The van der Waals surface area contributed by atoms with Gasteiger partial charge in [0.15, 0.2) is 0 Å². The first kappa shape index (κ1) is 16.0. The van der Waals surface area contributed by atoms with Crippen molar-refractivity contribution in [3.63, 3.8) is 0 Å². The highest BCUT2D eigenvalue weighted by Crippen LogP contribution is 2.65. The van der Waals surface area contributed by atoms with Crippen LogP contribution in [0.5, 0.6) is 0 Å². The molecule has 4 aliphatic rings. The lowest BCUT2D eigenvalue weighted by Gasteiger charge is -2.61. The van der Waals surface area contributed by atoms with E-state index in [4.69, 9.17) is 0 Å². The molecule has 0 amide bonds. The van der Waals surface area contributed by atoms with Gasteiger partial charge in [0.05, 0.1) is 23.7 Å².